The summed E-state index contributed by atoms with van der Waals surface area (Å²) in [6, 6.07) is 17.9. The monoisotopic (exact) mass is 309 g/mol. The molecule has 5 nitrogen and oxygen atoms in total. The molecular formula is C18H19N3O2. The van der Waals surface area contributed by atoms with E-state index in [2.05, 4.69) is 5.32 Å². The summed E-state index contributed by atoms with van der Waals surface area (Å²) in [7, 11) is 0. The standard InChI is InChI=1S/C18H19N3O2/c19-16(22)12-15(11-13-7-3-1-4-8-13)21-17(18(20)23)14-9-5-2-6-10-14/h1-10,12,17,21H,11H2,(H2,19,22)(H2,20,23)/b15-12-/t17-/m0/s1. The van der Waals surface area contributed by atoms with Crippen LogP contribution in [0.3, 0.4) is 0 Å². The molecule has 0 saturated heterocycles. The molecule has 5 heteroatoms. The Kier molecular flexibility index (Phi) is 5.52. The lowest BCUT2D eigenvalue weighted by molar-refractivity contribution is -0.120. The molecule has 118 valence electrons. The molecule has 0 bridgehead atoms. The Morgan fingerprint density at radius 2 is 1.52 bits per heavy atom. The summed E-state index contributed by atoms with van der Waals surface area (Å²) in [5, 5.41) is 3.04. The number of nitrogens with one attached hydrogen (secondary N) is 1. The topological polar surface area (TPSA) is 98.2 Å². The van der Waals surface area contributed by atoms with Crippen LogP contribution in [0.25, 0.3) is 0 Å². The van der Waals surface area contributed by atoms with E-state index in [0.717, 1.165) is 11.1 Å². The molecule has 0 radical (unpaired) electrons. The number of carbonyl (C=O) groups excluding carboxylic acids is 2. The molecule has 0 aliphatic carbocycles. The molecule has 0 aliphatic rings. The van der Waals surface area contributed by atoms with Crippen LogP contribution in [0.1, 0.15) is 17.2 Å². The zero-order valence-corrected chi connectivity index (χ0v) is 12.6. The van der Waals surface area contributed by atoms with Gasteiger partial charge in [0, 0.05) is 18.2 Å². The number of amides is 2. The molecule has 5 N–H and O–H groups in total. The van der Waals surface area contributed by atoms with Gasteiger partial charge in [-0.15, -0.1) is 0 Å². The van der Waals surface area contributed by atoms with E-state index in [4.69, 9.17) is 11.5 Å². The van der Waals surface area contributed by atoms with Gasteiger partial charge in [0.15, 0.2) is 0 Å². The van der Waals surface area contributed by atoms with Crippen molar-refractivity contribution >= 4 is 11.8 Å². The van der Waals surface area contributed by atoms with Crippen molar-refractivity contribution < 1.29 is 9.59 Å². The predicted octanol–water partition coefficient (Wildman–Crippen LogP) is 1.41. The second-order valence-corrected chi connectivity index (χ2v) is 5.12. The quantitative estimate of drug-likeness (QED) is 0.674. The average molecular weight is 309 g/mol. The Hall–Kier alpha value is -3.08. The van der Waals surface area contributed by atoms with Crippen molar-refractivity contribution in [2.45, 2.75) is 12.5 Å². The van der Waals surface area contributed by atoms with Gasteiger partial charge in [-0.25, -0.2) is 0 Å². The van der Waals surface area contributed by atoms with Crippen LogP contribution in [0.2, 0.25) is 0 Å². The zero-order valence-electron chi connectivity index (χ0n) is 12.6. The summed E-state index contributed by atoms with van der Waals surface area (Å²) in [5.41, 5.74) is 13.0. The van der Waals surface area contributed by atoms with Gasteiger partial charge in [-0.05, 0) is 11.1 Å². The van der Waals surface area contributed by atoms with E-state index in [9.17, 15) is 9.59 Å². The summed E-state index contributed by atoms with van der Waals surface area (Å²) in [6.45, 7) is 0. The molecule has 0 heterocycles. The van der Waals surface area contributed by atoms with Gasteiger partial charge in [-0.1, -0.05) is 60.7 Å². The summed E-state index contributed by atoms with van der Waals surface area (Å²) in [6.07, 6.45) is 1.73. The van der Waals surface area contributed by atoms with E-state index in [-0.39, 0.29) is 0 Å². The molecule has 0 saturated carbocycles. The summed E-state index contributed by atoms with van der Waals surface area (Å²) in [4.78, 5) is 23.1. The number of rotatable bonds is 7. The third kappa shape index (κ3) is 5.00. The lowest BCUT2D eigenvalue weighted by atomic mass is 10.0. The highest BCUT2D eigenvalue weighted by Crippen LogP contribution is 2.16. The minimum absolute atomic E-state index is 0.445. The smallest absolute Gasteiger partial charge is 0.244 e. The molecule has 0 aromatic heterocycles. The summed E-state index contributed by atoms with van der Waals surface area (Å²) >= 11 is 0. The van der Waals surface area contributed by atoms with E-state index < -0.39 is 17.9 Å². The van der Waals surface area contributed by atoms with Crippen LogP contribution in [0.4, 0.5) is 0 Å². The number of hydrogen-bond donors (Lipinski definition) is 3. The van der Waals surface area contributed by atoms with Crippen LogP contribution >= 0.6 is 0 Å². The fourth-order valence-corrected chi connectivity index (χ4v) is 2.28. The first-order valence-corrected chi connectivity index (χ1v) is 7.21. The molecule has 23 heavy (non-hydrogen) atoms. The summed E-state index contributed by atoms with van der Waals surface area (Å²) in [5.74, 6) is -1.11. The van der Waals surface area contributed by atoms with Crippen LogP contribution in [-0.4, -0.2) is 11.8 Å². The lowest BCUT2D eigenvalue weighted by Crippen LogP contribution is -2.34. The lowest BCUT2D eigenvalue weighted by Gasteiger charge is -2.19. The van der Waals surface area contributed by atoms with Crippen LogP contribution in [0, 0.1) is 0 Å². The molecule has 2 aromatic carbocycles. The Balaban J connectivity index is 2.25. The molecule has 0 spiro atoms. The largest absolute Gasteiger partial charge is 0.373 e. The number of benzene rings is 2. The number of primary amides is 2. The maximum Gasteiger partial charge on any atom is 0.244 e. The first-order valence-electron chi connectivity index (χ1n) is 7.21. The van der Waals surface area contributed by atoms with Crippen molar-refractivity contribution in [2.24, 2.45) is 11.5 Å². The van der Waals surface area contributed by atoms with Gasteiger partial charge in [-0.2, -0.15) is 0 Å². The van der Waals surface area contributed by atoms with Gasteiger partial charge >= 0.3 is 0 Å². The average Bonchev–Trinajstić information content (AvgIpc) is 2.53. The highest BCUT2D eigenvalue weighted by molar-refractivity contribution is 5.87. The number of hydrogen-bond acceptors (Lipinski definition) is 3. The molecule has 2 rings (SSSR count). The minimum atomic E-state index is -0.731. The van der Waals surface area contributed by atoms with Crippen molar-refractivity contribution in [1.29, 1.82) is 0 Å². The first kappa shape index (κ1) is 16.3. The second-order valence-electron chi connectivity index (χ2n) is 5.12. The molecule has 2 amide bonds. The Labute approximate surface area is 135 Å². The zero-order chi connectivity index (χ0) is 16.7. The SMILES string of the molecule is NC(=O)/C=C(/Cc1ccccc1)N[C@H](C(N)=O)c1ccccc1. The Morgan fingerprint density at radius 3 is 2.04 bits per heavy atom. The third-order valence-corrected chi connectivity index (χ3v) is 3.30. The third-order valence-electron chi connectivity index (χ3n) is 3.30. The molecular weight excluding hydrogens is 290 g/mol. The second kappa shape index (κ2) is 7.79. The predicted molar refractivity (Wildman–Crippen MR) is 88.9 cm³/mol. The van der Waals surface area contributed by atoms with E-state index in [1.807, 2.05) is 48.5 Å². The highest BCUT2D eigenvalue weighted by Gasteiger charge is 2.18. The first-order chi connectivity index (χ1) is 11.1. The van der Waals surface area contributed by atoms with E-state index >= 15 is 0 Å². The van der Waals surface area contributed by atoms with Crippen molar-refractivity contribution in [3.8, 4) is 0 Å². The van der Waals surface area contributed by atoms with Crippen molar-refractivity contribution in [3.63, 3.8) is 0 Å². The number of allylic oxidation sites excluding steroid dienone is 1. The molecule has 0 fully saturated rings. The van der Waals surface area contributed by atoms with Crippen molar-refractivity contribution in [2.75, 3.05) is 0 Å². The van der Waals surface area contributed by atoms with Crippen molar-refractivity contribution in [3.05, 3.63) is 83.6 Å². The normalized spacial score (nSPS) is 12.4. The van der Waals surface area contributed by atoms with E-state index in [0.29, 0.717) is 12.1 Å². The van der Waals surface area contributed by atoms with Crippen LogP contribution in [-0.2, 0) is 16.0 Å². The summed E-state index contributed by atoms with van der Waals surface area (Å²) < 4.78 is 0. The number of carbonyl (C=O) groups is 2. The molecule has 0 unspecified atom stereocenters. The van der Waals surface area contributed by atoms with Crippen LogP contribution in [0.15, 0.2) is 72.4 Å². The highest BCUT2D eigenvalue weighted by atomic mass is 16.1. The molecule has 2 aromatic rings. The van der Waals surface area contributed by atoms with Crippen LogP contribution in [0.5, 0.6) is 0 Å². The molecule has 0 aliphatic heterocycles. The minimum Gasteiger partial charge on any atom is -0.373 e. The van der Waals surface area contributed by atoms with Gasteiger partial charge in [0.25, 0.3) is 0 Å². The fourth-order valence-electron chi connectivity index (χ4n) is 2.28. The van der Waals surface area contributed by atoms with Gasteiger partial charge in [-0.3, -0.25) is 9.59 Å². The van der Waals surface area contributed by atoms with Crippen molar-refractivity contribution in [1.82, 2.24) is 5.32 Å². The fraction of sp³-hybridized carbons (Fsp3) is 0.111. The van der Waals surface area contributed by atoms with Gasteiger partial charge in [0.2, 0.25) is 11.8 Å². The number of nitrogens with two attached hydrogens (primary N) is 2. The van der Waals surface area contributed by atoms with E-state index in [1.54, 1.807) is 12.1 Å². The maximum atomic E-state index is 11.8. The van der Waals surface area contributed by atoms with Gasteiger partial charge in [0.1, 0.15) is 6.04 Å². The van der Waals surface area contributed by atoms with E-state index in [1.165, 1.54) is 6.08 Å². The Morgan fingerprint density at radius 1 is 0.957 bits per heavy atom. The Bertz CT molecular complexity index is 697. The molecule has 1 atom stereocenters. The maximum absolute atomic E-state index is 11.8. The van der Waals surface area contributed by atoms with Gasteiger partial charge < -0.3 is 16.8 Å². The van der Waals surface area contributed by atoms with Crippen LogP contribution < -0.4 is 16.8 Å². The van der Waals surface area contributed by atoms with Gasteiger partial charge in [0.05, 0.1) is 0 Å².